The maximum atomic E-state index is 11.4. The first-order valence-corrected chi connectivity index (χ1v) is 10.7. The zero-order valence-corrected chi connectivity index (χ0v) is 24.8. The third kappa shape index (κ3) is 8.16. The number of benzene rings is 2. The minimum Gasteiger partial charge on any atom is -1.00 e. The van der Waals surface area contributed by atoms with Gasteiger partial charge in [0.1, 0.15) is 9.79 Å². The van der Waals surface area contributed by atoms with Gasteiger partial charge < -0.3 is 2.85 Å². The molecule has 0 saturated carbocycles. The van der Waals surface area contributed by atoms with E-state index >= 15 is 0 Å². The first-order valence-electron chi connectivity index (χ1n) is 6.20. The van der Waals surface area contributed by atoms with Crippen molar-refractivity contribution < 1.29 is 132 Å². The summed E-state index contributed by atoms with van der Waals surface area (Å²) in [5.41, 5.74) is 0.315. The molecule has 0 aromatic heterocycles. The number of halogens is 2. The second-order valence-electron chi connectivity index (χ2n) is 4.65. The van der Waals surface area contributed by atoms with Gasteiger partial charge in [0, 0.05) is 8.95 Å². The van der Waals surface area contributed by atoms with Crippen LogP contribution in [0.1, 0.15) is 14.0 Å². The molecular weight excluding hydrogens is 566 g/mol. The molecule has 2 N–H and O–H groups in total. The number of hydrogen-bond donors (Lipinski definition) is 2. The normalized spacial score (nSPS) is 11.7. The molecule has 0 spiro atoms. The Hall–Kier alpha value is 2.23. The molecule has 2 aromatic rings. The number of rotatable bonds is 4. The first kappa shape index (κ1) is 28.2. The maximum absolute atomic E-state index is 11.4. The molecule has 0 bridgehead atoms. The van der Waals surface area contributed by atoms with Gasteiger partial charge in [-0.25, -0.2) is 0 Å². The molecule has 0 aliphatic carbocycles. The summed E-state index contributed by atoms with van der Waals surface area (Å²) in [6, 6.07) is 8.46. The van der Waals surface area contributed by atoms with E-state index in [1.165, 1.54) is 36.4 Å². The molecule has 0 amide bonds. The molecule has 0 heterocycles. The van der Waals surface area contributed by atoms with E-state index in [1.807, 2.05) is 0 Å². The SMILES string of the molecule is O=S(=O)(O)c1cc(Br)ccc1/C=C/c1ccc(Br)cc1S(=O)(=O)O.[H-].[H-].[K+].[K+]. The van der Waals surface area contributed by atoms with Crippen molar-refractivity contribution in [3.8, 4) is 0 Å². The van der Waals surface area contributed by atoms with Crippen LogP contribution in [0.25, 0.3) is 12.2 Å². The predicted octanol–water partition coefficient (Wildman–Crippen LogP) is -1.89. The fourth-order valence-electron chi connectivity index (χ4n) is 1.92. The van der Waals surface area contributed by atoms with Crippen molar-refractivity contribution >= 4 is 64.2 Å². The first-order chi connectivity index (χ1) is 11.0. The van der Waals surface area contributed by atoms with Crippen LogP contribution in [0.3, 0.4) is 0 Å². The predicted molar refractivity (Wildman–Crippen MR) is 99.1 cm³/mol. The summed E-state index contributed by atoms with van der Waals surface area (Å²) in [6.07, 6.45) is 2.65. The van der Waals surface area contributed by atoms with Crippen LogP contribution in [-0.4, -0.2) is 25.9 Å². The van der Waals surface area contributed by atoms with Gasteiger partial charge in [-0.1, -0.05) is 56.1 Å². The standard InChI is InChI=1S/C14H10Br2O6S2.2K.2H/c15-11-5-3-9(13(7-11)23(17,18)19)1-2-10-4-6-12(16)8-14(10)24(20,21)22;;;;/h1-8H,(H,17,18,19)(H,20,21,22);;;;/q;2*+1;2*-1/b2-1+;;;;. The van der Waals surface area contributed by atoms with Crippen LogP contribution in [0.2, 0.25) is 0 Å². The van der Waals surface area contributed by atoms with Crippen molar-refractivity contribution in [2.45, 2.75) is 9.79 Å². The molecule has 0 aliphatic rings. The van der Waals surface area contributed by atoms with E-state index in [-0.39, 0.29) is 127 Å². The van der Waals surface area contributed by atoms with Crippen LogP contribution in [0, 0.1) is 0 Å². The molecule has 0 unspecified atom stereocenters. The zero-order chi connectivity index (χ0) is 18.1. The van der Waals surface area contributed by atoms with Gasteiger partial charge in [0.2, 0.25) is 0 Å². The minimum absolute atomic E-state index is 0. The molecule has 0 atom stereocenters. The van der Waals surface area contributed by atoms with Crippen molar-refractivity contribution in [3.05, 3.63) is 56.5 Å². The number of hydrogen-bond acceptors (Lipinski definition) is 4. The van der Waals surface area contributed by atoms with Crippen LogP contribution < -0.4 is 103 Å². The van der Waals surface area contributed by atoms with Crippen molar-refractivity contribution in [1.82, 2.24) is 0 Å². The maximum Gasteiger partial charge on any atom is 1.00 e. The Morgan fingerprint density at radius 2 is 1.04 bits per heavy atom. The summed E-state index contributed by atoms with van der Waals surface area (Å²) >= 11 is 6.23. The molecule has 6 nitrogen and oxygen atoms in total. The summed E-state index contributed by atoms with van der Waals surface area (Å²) in [4.78, 5) is -0.669. The Morgan fingerprint density at radius 3 is 1.31 bits per heavy atom. The van der Waals surface area contributed by atoms with E-state index in [4.69, 9.17) is 0 Å². The van der Waals surface area contributed by atoms with Crippen LogP contribution in [0.5, 0.6) is 0 Å². The van der Waals surface area contributed by atoms with Crippen molar-refractivity contribution in [2.24, 2.45) is 0 Å². The topological polar surface area (TPSA) is 109 Å². The summed E-state index contributed by atoms with van der Waals surface area (Å²) in [5.74, 6) is 0. The van der Waals surface area contributed by atoms with Gasteiger partial charge in [0.05, 0.1) is 0 Å². The molecule has 0 radical (unpaired) electrons. The second kappa shape index (κ2) is 11.6. The van der Waals surface area contributed by atoms with E-state index in [9.17, 15) is 25.9 Å². The Balaban J connectivity index is -0.00000156. The summed E-state index contributed by atoms with van der Waals surface area (Å²) in [7, 11) is -8.92. The zero-order valence-electron chi connectivity index (χ0n) is 15.7. The van der Waals surface area contributed by atoms with Gasteiger partial charge in [0.25, 0.3) is 20.2 Å². The molecule has 12 heteroatoms. The fraction of sp³-hybridized carbons (Fsp3) is 0. The molecule has 0 fully saturated rings. The molecule has 26 heavy (non-hydrogen) atoms. The van der Waals surface area contributed by atoms with Gasteiger partial charge in [-0.05, 0) is 35.4 Å². The third-order valence-corrected chi connectivity index (χ3v) is 5.75. The average Bonchev–Trinajstić information content (AvgIpc) is 2.45. The Kier molecular flexibility index (Phi) is 12.6. The molecular formula is C14H12Br2K2O6S2. The van der Waals surface area contributed by atoms with E-state index in [1.54, 1.807) is 12.1 Å². The van der Waals surface area contributed by atoms with Crippen molar-refractivity contribution in [1.29, 1.82) is 0 Å². The molecule has 0 aliphatic heterocycles. The van der Waals surface area contributed by atoms with Gasteiger partial charge in [0.15, 0.2) is 0 Å². The molecule has 0 saturated heterocycles. The largest absolute Gasteiger partial charge is 1.00 e. The summed E-state index contributed by atoms with van der Waals surface area (Å²) < 4.78 is 65.3. The third-order valence-electron chi connectivity index (χ3n) is 2.95. The van der Waals surface area contributed by atoms with Gasteiger partial charge in [-0.15, -0.1) is 0 Å². The Labute approximate surface area is 256 Å². The van der Waals surface area contributed by atoms with E-state index < -0.39 is 20.2 Å². The van der Waals surface area contributed by atoms with Crippen LogP contribution in [0.15, 0.2) is 55.1 Å². The fourth-order valence-corrected chi connectivity index (χ4v) is 4.36. The van der Waals surface area contributed by atoms with Gasteiger partial charge in [-0.3, -0.25) is 9.11 Å². The summed E-state index contributed by atoms with van der Waals surface area (Å²) in [5, 5.41) is 0. The molecule has 2 rings (SSSR count). The quantitative estimate of drug-likeness (QED) is 0.250. The smallest absolute Gasteiger partial charge is 1.00 e. The monoisotopic (exact) mass is 576 g/mol. The second-order valence-corrected chi connectivity index (χ2v) is 9.26. The van der Waals surface area contributed by atoms with E-state index in [0.29, 0.717) is 8.95 Å². The minimum atomic E-state index is -4.46. The van der Waals surface area contributed by atoms with E-state index in [2.05, 4.69) is 31.9 Å². The van der Waals surface area contributed by atoms with Crippen LogP contribution in [-0.2, 0) is 20.2 Å². The summed E-state index contributed by atoms with van der Waals surface area (Å²) in [6.45, 7) is 0. The van der Waals surface area contributed by atoms with Crippen molar-refractivity contribution in [2.75, 3.05) is 0 Å². The van der Waals surface area contributed by atoms with Crippen molar-refractivity contribution in [3.63, 3.8) is 0 Å². The van der Waals surface area contributed by atoms with Gasteiger partial charge in [-0.2, -0.15) is 16.8 Å². The van der Waals surface area contributed by atoms with Crippen LogP contribution in [0.4, 0.5) is 0 Å². The van der Waals surface area contributed by atoms with Gasteiger partial charge >= 0.3 is 103 Å². The Bertz CT molecular complexity index is 964. The Morgan fingerprint density at radius 1 is 0.731 bits per heavy atom. The molecule has 2 aromatic carbocycles. The molecule has 132 valence electrons. The van der Waals surface area contributed by atoms with Crippen LogP contribution >= 0.6 is 31.9 Å². The average molecular weight is 578 g/mol. The van der Waals surface area contributed by atoms with E-state index in [0.717, 1.165) is 0 Å².